The van der Waals surface area contributed by atoms with Crippen LogP contribution in [0.5, 0.6) is 5.75 Å². The van der Waals surface area contributed by atoms with Crippen molar-refractivity contribution in [2.45, 2.75) is 18.9 Å². The highest BCUT2D eigenvalue weighted by molar-refractivity contribution is 6.22. The Bertz CT molecular complexity index is 1040. The van der Waals surface area contributed by atoms with Gasteiger partial charge in [0.15, 0.2) is 0 Å². The zero-order valence-corrected chi connectivity index (χ0v) is 18.3. The highest BCUT2D eigenvalue weighted by Gasteiger charge is 2.42. The van der Waals surface area contributed by atoms with Crippen molar-refractivity contribution < 1.29 is 29.0 Å². The summed E-state index contributed by atoms with van der Waals surface area (Å²) in [6.07, 6.45) is -0.189. The smallest absolute Gasteiger partial charge is 0.326 e. The van der Waals surface area contributed by atoms with Crippen molar-refractivity contribution in [3.05, 3.63) is 59.7 Å². The second-order valence-electron chi connectivity index (χ2n) is 7.98. The summed E-state index contributed by atoms with van der Waals surface area (Å²) in [5.41, 5.74) is 1.42. The van der Waals surface area contributed by atoms with Crippen LogP contribution in [0.3, 0.4) is 0 Å². The van der Waals surface area contributed by atoms with Gasteiger partial charge in [0, 0.05) is 38.3 Å². The number of fused-ring (bicyclic) bond motifs is 1. The molecule has 1 saturated heterocycles. The molecule has 2 aliphatic heterocycles. The first-order valence-electron chi connectivity index (χ1n) is 10.8. The number of aliphatic carboxylic acids is 1. The van der Waals surface area contributed by atoms with Gasteiger partial charge in [-0.2, -0.15) is 0 Å². The Morgan fingerprint density at radius 3 is 2.03 bits per heavy atom. The van der Waals surface area contributed by atoms with Gasteiger partial charge in [0.2, 0.25) is 5.91 Å². The van der Waals surface area contributed by atoms with Crippen molar-refractivity contribution in [1.82, 2.24) is 9.80 Å². The first-order valence-corrected chi connectivity index (χ1v) is 10.8. The van der Waals surface area contributed by atoms with Gasteiger partial charge in [-0.3, -0.25) is 19.3 Å². The number of hydrogen-bond donors (Lipinski definition) is 1. The fraction of sp³-hybridized carbons (Fsp3) is 0.333. The van der Waals surface area contributed by atoms with Crippen LogP contribution < -0.4 is 9.64 Å². The van der Waals surface area contributed by atoms with Gasteiger partial charge in [-0.15, -0.1) is 0 Å². The summed E-state index contributed by atoms with van der Waals surface area (Å²) in [7, 11) is 1.61. The Labute approximate surface area is 191 Å². The lowest BCUT2D eigenvalue weighted by atomic mass is 10.1. The molecule has 0 radical (unpaired) electrons. The predicted octanol–water partition coefficient (Wildman–Crippen LogP) is 1.87. The van der Waals surface area contributed by atoms with Crippen LogP contribution in [0.1, 0.15) is 33.6 Å². The van der Waals surface area contributed by atoms with Gasteiger partial charge in [0.05, 0.1) is 18.2 Å². The van der Waals surface area contributed by atoms with Crippen LogP contribution in [0, 0.1) is 0 Å². The Balaban J connectivity index is 1.34. The van der Waals surface area contributed by atoms with E-state index in [0.29, 0.717) is 26.2 Å². The minimum atomic E-state index is -1.39. The Hall–Kier alpha value is -3.88. The van der Waals surface area contributed by atoms with Gasteiger partial charge in [-0.05, 0) is 42.8 Å². The molecule has 2 aliphatic rings. The molecule has 2 heterocycles. The summed E-state index contributed by atoms with van der Waals surface area (Å²) in [6.45, 7) is 2.32. The fourth-order valence-electron chi connectivity index (χ4n) is 4.28. The monoisotopic (exact) mass is 451 g/mol. The van der Waals surface area contributed by atoms with Gasteiger partial charge in [0.1, 0.15) is 11.8 Å². The molecule has 0 spiro atoms. The molecule has 4 rings (SSSR count). The first-order chi connectivity index (χ1) is 15.9. The van der Waals surface area contributed by atoms with Crippen molar-refractivity contribution >= 4 is 29.4 Å². The molecule has 0 unspecified atom stereocenters. The molecule has 0 saturated carbocycles. The third kappa shape index (κ3) is 4.39. The third-order valence-electron chi connectivity index (χ3n) is 6.12. The number of rotatable bonds is 7. The van der Waals surface area contributed by atoms with Crippen molar-refractivity contribution in [2.75, 3.05) is 38.2 Å². The second kappa shape index (κ2) is 9.32. The van der Waals surface area contributed by atoms with E-state index in [1.807, 2.05) is 24.3 Å². The van der Waals surface area contributed by atoms with E-state index in [1.165, 1.54) is 12.1 Å². The molecular formula is C24H25N3O6. The van der Waals surface area contributed by atoms with Crippen molar-refractivity contribution in [3.8, 4) is 5.75 Å². The Morgan fingerprint density at radius 1 is 0.939 bits per heavy atom. The normalized spacial score (nSPS) is 16.6. The van der Waals surface area contributed by atoms with Crippen LogP contribution >= 0.6 is 0 Å². The van der Waals surface area contributed by atoms with Crippen molar-refractivity contribution in [3.63, 3.8) is 0 Å². The predicted molar refractivity (Wildman–Crippen MR) is 119 cm³/mol. The highest BCUT2D eigenvalue weighted by Crippen LogP contribution is 2.26. The van der Waals surface area contributed by atoms with Crippen LogP contribution in [0.2, 0.25) is 0 Å². The quantitative estimate of drug-likeness (QED) is 0.641. The molecule has 0 aromatic heterocycles. The van der Waals surface area contributed by atoms with E-state index in [2.05, 4.69) is 4.90 Å². The van der Waals surface area contributed by atoms with E-state index in [4.69, 9.17) is 4.74 Å². The lowest BCUT2D eigenvalue weighted by Crippen LogP contribution is -2.49. The maximum absolute atomic E-state index is 12.8. The van der Waals surface area contributed by atoms with E-state index in [-0.39, 0.29) is 29.9 Å². The maximum atomic E-state index is 12.8. The van der Waals surface area contributed by atoms with Gasteiger partial charge in [0.25, 0.3) is 11.8 Å². The van der Waals surface area contributed by atoms with E-state index in [1.54, 1.807) is 24.1 Å². The average Bonchev–Trinajstić information content (AvgIpc) is 3.09. The number of carbonyl (C=O) groups excluding carboxylic acids is 3. The molecule has 172 valence electrons. The summed E-state index contributed by atoms with van der Waals surface area (Å²) >= 11 is 0. The molecule has 9 nitrogen and oxygen atoms in total. The summed E-state index contributed by atoms with van der Waals surface area (Å²) < 4.78 is 5.18. The summed E-state index contributed by atoms with van der Waals surface area (Å²) in [6, 6.07) is 12.6. The van der Waals surface area contributed by atoms with Crippen molar-refractivity contribution in [2.24, 2.45) is 0 Å². The number of amides is 3. The Morgan fingerprint density at radius 2 is 1.52 bits per heavy atom. The lowest BCUT2D eigenvalue weighted by molar-refractivity contribution is -0.142. The number of imide groups is 1. The van der Waals surface area contributed by atoms with Gasteiger partial charge < -0.3 is 19.6 Å². The number of anilines is 1. The number of carboxylic acid groups (broad SMARTS) is 1. The van der Waals surface area contributed by atoms with Gasteiger partial charge in [-0.1, -0.05) is 12.1 Å². The number of carbonyl (C=O) groups is 4. The van der Waals surface area contributed by atoms with Crippen LogP contribution in [-0.4, -0.2) is 77.9 Å². The van der Waals surface area contributed by atoms with E-state index in [9.17, 15) is 24.3 Å². The molecule has 1 N–H and O–H groups in total. The highest BCUT2D eigenvalue weighted by atomic mass is 16.5. The Kier molecular flexibility index (Phi) is 6.30. The molecule has 3 amide bonds. The molecule has 9 heteroatoms. The summed E-state index contributed by atoms with van der Waals surface area (Å²) in [4.78, 5) is 54.6. The largest absolute Gasteiger partial charge is 0.497 e. The van der Waals surface area contributed by atoms with E-state index >= 15 is 0 Å². The number of benzene rings is 2. The first kappa shape index (κ1) is 22.3. The van der Waals surface area contributed by atoms with E-state index in [0.717, 1.165) is 16.3 Å². The average molecular weight is 451 g/mol. The topological polar surface area (TPSA) is 107 Å². The van der Waals surface area contributed by atoms with Crippen LogP contribution in [0.25, 0.3) is 0 Å². The van der Waals surface area contributed by atoms with Gasteiger partial charge >= 0.3 is 5.97 Å². The minimum Gasteiger partial charge on any atom is -0.497 e. The molecule has 1 fully saturated rings. The molecular weight excluding hydrogens is 426 g/mol. The zero-order valence-electron chi connectivity index (χ0n) is 18.3. The number of carboxylic acids is 1. The maximum Gasteiger partial charge on any atom is 0.326 e. The molecule has 2 aromatic rings. The summed E-state index contributed by atoms with van der Waals surface area (Å²) in [5.74, 6) is -1.99. The molecule has 0 bridgehead atoms. The number of methoxy groups -OCH3 is 1. The number of piperazine rings is 1. The van der Waals surface area contributed by atoms with Crippen molar-refractivity contribution in [1.29, 1.82) is 0 Å². The SMILES string of the molecule is COc1ccc(N2CCN(C(=O)CC[C@@H](C(=O)O)N3C(=O)c4ccccc4C3=O)CC2)cc1. The number of ether oxygens (including phenoxy) is 1. The third-order valence-corrected chi connectivity index (χ3v) is 6.12. The van der Waals surface area contributed by atoms with E-state index < -0.39 is 23.8 Å². The van der Waals surface area contributed by atoms with Crippen LogP contribution in [0.15, 0.2) is 48.5 Å². The zero-order chi connectivity index (χ0) is 23.5. The van der Waals surface area contributed by atoms with Crippen LogP contribution in [-0.2, 0) is 9.59 Å². The van der Waals surface area contributed by atoms with Crippen LogP contribution in [0.4, 0.5) is 5.69 Å². The molecule has 0 aliphatic carbocycles. The minimum absolute atomic E-state index is 0.0626. The lowest BCUT2D eigenvalue weighted by Gasteiger charge is -2.36. The molecule has 2 aromatic carbocycles. The second-order valence-corrected chi connectivity index (χ2v) is 7.98. The number of hydrogen-bond acceptors (Lipinski definition) is 6. The standard InChI is InChI=1S/C24H25N3O6/c1-33-17-8-6-16(7-9-17)25-12-14-26(15-13-25)21(28)11-10-20(24(31)32)27-22(29)18-4-2-3-5-19(18)23(27)30/h2-9,20H,10-15H2,1H3,(H,31,32)/t20-/m0/s1. The molecule has 33 heavy (non-hydrogen) atoms. The fourth-order valence-corrected chi connectivity index (χ4v) is 4.28. The number of nitrogens with zero attached hydrogens (tertiary/aromatic N) is 3. The van der Waals surface area contributed by atoms with Gasteiger partial charge in [-0.25, -0.2) is 4.79 Å². The molecule has 1 atom stereocenters. The summed E-state index contributed by atoms with van der Waals surface area (Å²) in [5, 5.41) is 9.68.